The number of nitrogens with zero attached hydrogens (tertiary/aromatic N) is 2. The lowest BCUT2D eigenvalue weighted by Gasteiger charge is -2.19. The van der Waals surface area contributed by atoms with Crippen LogP contribution in [0.1, 0.15) is 196 Å². The molecule has 4 aromatic carbocycles. The first-order chi connectivity index (χ1) is 33.5. The van der Waals surface area contributed by atoms with Crippen LogP contribution in [0.3, 0.4) is 0 Å². The van der Waals surface area contributed by atoms with Gasteiger partial charge in [-0.3, -0.25) is 9.59 Å². The van der Waals surface area contributed by atoms with Crippen molar-refractivity contribution in [1.82, 2.24) is 9.97 Å². The Morgan fingerprint density at radius 2 is 0.574 bits per heavy atom. The highest BCUT2D eigenvalue weighted by atomic mass is 16.2. The Morgan fingerprint density at radius 3 is 0.809 bits per heavy atom. The van der Waals surface area contributed by atoms with Crippen molar-refractivity contribution in [2.45, 2.75) is 174 Å². The van der Waals surface area contributed by atoms with Crippen LogP contribution in [0, 0.1) is 0 Å². The molecule has 6 rings (SSSR count). The number of anilines is 2. The van der Waals surface area contributed by atoms with Crippen LogP contribution < -0.4 is 10.6 Å². The molecule has 2 heterocycles. The van der Waals surface area contributed by atoms with E-state index >= 15 is 0 Å². The van der Waals surface area contributed by atoms with Crippen LogP contribution in [0.2, 0.25) is 0 Å². The summed E-state index contributed by atoms with van der Waals surface area (Å²) in [7, 11) is 0. The predicted molar refractivity (Wildman–Crippen MR) is 303 cm³/mol. The third-order valence-corrected chi connectivity index (χ3v) is 9.38. The van der Waals surface area contributed by atoms with Gasteiger partial charge in [-0.2, -0.15) is 0 Å². The molecule has 2 unspecified atom stereocenters. The zero-order valence-electron chi connectivity index (χ0n) is 46.0. The highest BCUT2D eigenvalue weighted by Gasteiger charge is 2.23. The number of hydrogen-bond donors (Lipinski definition) is 2. The molecule has 6 heteroatoms. The number of nitrogens with one attached hydrogen (secondary N) is 2. The minimum atomic E-state index is -0.190. The molecule has 6 nitrogen and oxygen atoms in total. The molecular formula is C62H96N4O2. The van der Waals surface area contributed by atoms with Crippen LogP contribution in [-0.4, -0.2) is 21.8 Å². The zero-order chi connectivity index (χ0) is 52.4. The van der Waals surface area contributed by atoms with Crippen LogP contribution in [0.15, 0.2) is 170 Å². The SMILES string of the molecule is CC.CC.CC.CC.CC.CC.CC.CC.CC(CC[C@@H](C(=O)Nc1ccccn1)c1ccccc1)c1ccccc1.CC(CC[C@H](C(=O)Nc1ccccn1)c1ccccc1)c1ccccc1. The standard InChI is InChI=1S/2C23H24N2O.8C2H6/c2*1-18(19-10-4-2-5-11-19)15-16-21(20-12-6-3-7-13-20)23(26)25-22-14-8-9-17-24-22;8*1-2/h2*2-14,17-18,21H,15-16H2,1H3,(H,24,25,26);8*1-2H3/t2*18?,21-;;;;;;;;/m10......../s1. The van der Waals surface area contributed by atoms with E-state index < -0.39 is 0 Å². The lowest BCUT2D eigenvalue weighted by molar-refractivity contribution is -0.118. The molecule has 0 fully saturated rings. The van der Waals surface area contributed by atoms with Crippen LogP contribution in [-0.2, 0) is 9.59 Å². The summed E-state index contributed by atoms with van der Waals surface area (Å²) >= 11 is 0. The summed E-state index contributed by atoms with van der Waals surface area (Å²) in [5, 5.41) is 5.91. The van der Waals surface area contributed by atoms with Crippen molar-refractivity contribution in [1.29, 1.82) is 0 Å². The van der Waals surface area contributed by atoms with E-state index in [1.807, 2.05) is 220 Å². The lowest BCUT2D eigenvalue weighted by atomic mass is 9.87. The minimum absolute atomic E-state index is 0.00448. The molecule has 4 atom stereocenters. The van der Waals surface area contributed by atoms with Gasteiger partial charge in [-0.25, -0.2) is 9.97 Å². The molecule has 0 bridgehead atoms. The number of rotatable bonds is 14. The highest BCUT2D eigenvalue weighted by molar-refractivity contribution is 5.95. The summed E-state index contributed by atoms with van der Waals surface area (Å²) in [6.07, 6.45) is 6.84. The second-order valence-electron chi connectivity index (χ2n) is 13.1. The maximum Gasteiger partial charge on any atom is 0.233 e. The molecule has 68 heavy (non-hydrogen) atoms. The average Bonchev–Trinajstić information content (AvgIpc) is 3.45. The number of pyridine rings is 2. The van der Waals surface area contributed by atoms with Gasteiger partial charge in [0.25, 0.3) is 0 Å². The number of benzene rings is 4. The van der Waals surface area contributed by atoms with Crippen molar-refractivity contribution in [3.63, 3.8) is 0 Å². The Kier molecular flexibility index (Phi) is 51.0. The molecule has 376 valence electrons. The number of amides is 2. The summed E-state index contributed by atoms with van der Waals surface area (Å²) in [5.41, 5.74) is 4.70. The first-order valence-corrected chi connectivity index (χ1v) is 26.1. The summed E-state index contributed by atoms with van der Waals surface area (Å²) in [4.78, 5) is 34.2. The Morgan fingerprint density at radius 1 is 0.338 bits per heavy atom. The predicted octanol–water partition coefficient (Wildman–Crippen LogP) is 19.0. The Labute approximate surface area is 418 Å². The smallest absolute Gasteiger partial charge is 0.233 e. The Hall–Kier alpha value is -5.88. The largest absolute Gasteiger partial charge is 0.310 e. The molecule has 0 saturated heterocycles. The van der Waals surface area contributed by atoms with Crippen molar-refractivity contribution in [3.05, 3.63) is 192 Å². The van der Waals surface area contributed by atoms with Crippen LogP contribution >= 0.6 is 0 Å². The summed E-state index contributed by atoms with van der Waals surface area (Å²) in [6, 6.07) is 51.9. The molecule has 2 N–H and O–H groups in total. The van der Waals surface area contributed by atoms with E-state index in [2.05, 4.69) is 83.0 Å². The quantitative estimate of drug-likeness (QED) is 0.114. The van der Waals surface area contributed by atoms with E-state index in [0.29, 0.717) is 23.5 Å². The topological polar surface area (TPSA) is 84.0 Å². The van der Waals surface area contributed by atoms with Gasteiger partial charge in [0.1, 0.15) is 11.6 Å². The first kappa shape index (κ1) is 68.7. The monoisotopic (exact) mass is 929 g/mol. The van der Waals surface area contributed by atoms with Gasteiger partial charge >= 0.3 is 0 Å². The summed E-state index contributed by atoms with van der Waals surface area (Å²) in [6.45, 7) is 36.4. The normalized spacial score (nSPS) is 10.6. The third-order valence-electron chi connectivity index (χ3n) is 9.38. The molecular weight excluding hydrogens is 833 g/mol. The number of aromatic nitrogens is 2. The fourth-order valence-corrected chi connectivity index (χ4v) is 6.30. The maximum atomic E-state index is 12.9. The molecule has 6 aromatic rings. The fourth-order valence-electron chi connectivity index (χ4n) is 6.30. The second kappa shape index (κ2) is 50.5. The van der Waals surface area contributed by atoms with Crippen molar-refractivity contribution in [3.8, 4) is 0 Å². The average molecular weight is 929 g/mol. The Bertz CT molecular complexity index is 1750. The zero-order valence-corrected chi connectivity index (χ0v) is 46.0. The van der Waals surface area contributed by atoms with Gasteiger partial charge in [0, 0.05) is 12.4 Å². The molecule has 0 spiro atoms. The molecule has 0 radical (unpaired) electrons. The number of carbonyl (C=O) groups is 2. The van der Waals surface area contributed by atoms with E-state index in [4.69, 9.17) is 0 Å². The van der Waals surface area contributed by atoms with Gasteiger partial charge in [-0.05, 0) is 84.0 Å². The van der Waals surface area contributed by atoms with Crippen LogP contribution in [0.25, 0.3) is 0 Å². The number of carbonyl (C=O) groups excluding carboxylic acids is 2. The van der Waals surface area contributed by atoms with E-state index in [0.717, 1.165) is 36.8 Å². The molecule has 2 amide bonds. The van der Waals surface area contributed by atoms with E-state index in [-0.39, 0.29) is 23.7 Å². The van der Waals surface area contributed by atoms with Crippen molar-refractivity contribution >= 4 is 23.5 Å². The van der Waals surface area contributed by atoms with Gasteiger partial charge in [0.15, 0.2) is 0 Å². The fraction of sp³-hybridized carbons (Fsp3) is 0.419. The molecule has 0 aliphatic rings. The Balaban J connectivity index is -0.000000465. The van der Waals surface area contributed by atoms with Crippen molar-refractivity contribution in [2.24, 2.45) is 0 Å². The summed E-state index contributed by atoms with van der Waals surface area (Å²) in [5.74, 6) is 1.61. The van der Waals surface area contributed by atoms with Gasteiger partial charge in [0.05, 0.1) is 11.8 Å². The van der Waals surface area contributed by atoms with E-state index in [9.17, 15) is 9.59 Å². The van der Waals surface area contributed by atoms with E-state index in [1.54, 1.807) is 12.4 Å². The van der Waals surface area contributed by atoms with Gasteiger partial charge < -0.3 is 10.6 Å². The van der Waals surface area contributed by atoms with Crippen LogP contribution in [0.4, 0.5) is 11.6 Å². The first-order valence-electron chi connectivity index (χ1n) is 26.1. The molecule has 0 aliphatic heterocycles. The highest BCUT2D eigenvalue weighted by Crippen LogP contribution is 2.30. The van der Waals surface area contributed by atoms with Crippen molar-refractivity contribution < 1.29 is 9.59 Å². The van der Waals surface area contributed by atoms with Gasteiger partial charge in [-0.15, -0.1) is 0 Å². The minimum Gasteiger partial charge on any atom is -0.310 e. The molecule has 2 aromatic heterocycles. The van der Waals surface area contributed by atoms with Gasteiger partial charge in [-0.1, -0.05) is 258 Å². The van der Waals surface area contributed by atoms with Gasteiger partial charge in [0.2, 0.25) is 11.8 Å². The van der Waals surface area contributed by atoms with E-state index in [1.165, 1.54) is 11.1 Å². The van der Waals surface area contributed by atoms with Crippen LogP contribution in [0.5, 0.6) is 0 Å². The number of hydrogen-bond acceptors (Lipinski definition) is 4. The molecule has 0 aliphatic carbocycles. The second-order valence-corrected chi connectivity index (χ2v) is 13.1. The maximum absolute atomic E-state index is 12.9. The summed E-state index contributed by atoms with van der Waals surface area (Å²) < 4.78 is 0. The van der Waals surface area contributed by atoms with Crippen molar-refractivity contribution in [2.75, 3.05) is 10.6 Å². The third kappa shape index (κ3) is 29.7. The molecule has 0 saturated carbocycles. The lowest BCUT2D eigenvalue weighted by Crippen LogP contribution is -2.22.